The Labute approximate surface area is 197 Å². The third-order valence-corrected chi connectivity index (χ3v) is 6.99. The van der Waals surface area contributed by atoms with E-state index in [4.69, 9.17) is 9.47 Å². The average molecular weight is 465 g/mol. The van der Waals surface area contributed by atoms with Crippen LogP contribution in [0.2, 0.25) is 0 Å². The molecular weight excluding hydrogens is 436 g/mol. The number of anilines is 2. The largest absolute Gasteiger partial charge is 0.497 e. The number of thiophene rings is 1. The van der Waals surface area contributed by atoms with Crippen molar-refractivity contribution in [1.82, 2.24) is 0 Å². The highest BCUT2D eigenvalue weighted by molar-refractivity contribution is 7.17. The standard InChI is InChI=1S/C26H28N2O4S/c1-31-18-14-12-17(13-15-18)16-23(29)28-26-24(19-8-4-3-5-11-22(19)33-26)25(30)27-20-9-6-7-10-21(20)32-2/h6-7,9-10,12-15H,3-5,8,11,16H2,1-2H3,(H,27,30)(H,28,29). The lowest BCUT2D eigenvalue weighted by molar-refractivity contribution is -0.115. The monoisotopic (exact) mass is 464 g/mol. The molecule has 1 aliphatic rings. The number of amides is 2. The molecule has 0 atom stereocenters. The Hall–Kier alpha value is -3.32. The number of fused-ring (bicyclic) bond motifs is 1. The molecule has 0 spiro atoms. The lowest BCUT2D eigenvalue weighted by Crippen LogP contribution is -2.19. The van der Waals surface area contributed by atoms with Crippen molar-refractivity contribution in [3.05, 3.63) is 70.1 Å². The van der Waals surface area contributed by atoms with Gasteiger partial charge < -0.3 is 20.1 Å². The van der Waals surface area contributed by atoms with Gasteiger partial charge in [0.2, 0.25) is 5.91 Å². The van der Waals surface area contributed by atoms with Crippen molar-refractivity contribution in [2.45, 2.75) is 38.5 Å². The summed E-state index contributed by atoms with van der Waals surface area (Å²) in [5.74, 6) is 0.968. The van der Waals surface area contributed by atoms with Gasteiger partial charge in [0.25, 0.3) is 5.91 Å². The highest BCUT2D eigenvalue weighted by Gasteiger charge is 2.26. The molecular formula is C26H28N2O4S. The van der Waals surface area contributed by atoms with Gasteiger partial charge in [0.05, 0.1) is 31.9 Å². The molecule has 0 unspecified atom stereocenters. The van der Waals surface area contributed by atoms with Gasteiger partial charge in [-0.15, -0.1) is 11.3 Å². The molecule has 2 N–H and O–H groups in total. The molecule has 0 radical (unpaired) electrons. The number of carbonyl (C=O) groups excluding carboxylic acids is 2. The molecule has 0 aliphatic heterocycles. The van der Waals surface area contributed by atoms with Crippen molar-refractivity contribution >= 4 is 33.8 Å². The number of carbonyl (C=O) groups is 2. The van der Waals surface area contributed by atoms with Crippen LogP contribution in [0.1, 0.15) is 45.6 Å². The number of rotatable bonds is 7. The fourth-order valence-electron chi connectivity index (χ4n) is 4.10. The van der Waals surface area contributed by atoms with E-state index >= 15 is 0 Å². The van der Waals surface area contributed by atoms with Crippen molar-refractivity contribution in [3.63, 3.8) is 0 Å². The van der Waals surface area contributed by atoms with Crippen LogP contribution in [-0.4, -0.2) is 26.0 Å². The summed E-state index contributed by atoms with van der Waals surface area (Å²) in [6.45, 7) is 0. The summed E-state index contributed by atoms with van der Waals surface area (Å²) in [5.41, 5.74) is 3.12. The predicted octanol–water partition coefficient (Wildman–Crippen LogP) is 5.47. The van der Waals surface area contributed by atoms with E-state index in [1.54, 1.807) is 20.3 Å². The van der Waals surface area contributed by atoms with Gasteiger partial charge in [-0.05, 0) is 61.1 Å². The quantitative estimate of drug-likeness (QED) is 0.455. The van der Waals surface area contributed by atoms with Crippen molar-refractivity contribution in [2.24, 2.45) is 0 Å². The smallest absolute Gasteiger partial charge is 0.259 e. The fraction of sp³-hybridized carbons (Fsp3) is 0.308. The zero-order valence-corrected chi connectivity index (χ0v) is 19.7. The molecule has 0 saturated carbocycles. The molecule has 172 valence electrons. The molecule has 1 aliphatic carbocycles. The summed E-state index contributed by atoms with van der Waals surface area (Å²) in [6.07, 6.45) is 5.28. The normalized spacial score (nSPS) is 12.9. The van der Waals surface area contributed by atoms with Gasteiger partial charge in [-0.25, -0.2) is 0 Å². The summed E-state index contributed by atoms with van der Waals surface area (Å²) >= 11 is 1.53. The van der Waals surface area contributed by atoms with E-state index in [2.05, 4.69) is 10.6 Å². The van der Waals surface area contributed by atoms with Gasteiger partial charge in [-0.3, -0.25) is 9.59 Å². The number of methoxy groups -OCH3 is 2. The minimum atomic E-state index is -0.223. The molecule has 0 fully saturated rings. The Bertz CT molecular complexity index is 1140. The molecule has 4 rings (SSSR count). The molecule has 0 saturated heterocycles. The second-order valence-corrected chi connectivity index (χ2v) is 9.10. The van der Waals surface area contributed by atoms with E-state index in [0.717, 1.165) is 49.0 Å². The Kier molecular flexibility index (Phi) is 7.29. The summed E-state index contributed by atoms with van der Waals surface area (Å²) in [6, 6.07) is 14.7. The van der Waals surface area contributed by atoms with Crippen molar-refractivity contribution in [3.8, 4) is 11.5 Å². The van der Waals surface area contributed by atoms with E-state index in [0.29, 0.717) is 22.0 Å². The molecule has 3 aromatic rings. The lowest BCUT2D eigenvalue weighted by Gasteiger charge is -2.12. The van der Waals surface area contributed by atoms with Crippen LogP contribution < -0.4 is 20.1 Å². The Morgan fingerprint density at radius 3 is 2.42 bits per heavy atom. The van der Waals surface area contributed by atoms with E-state index in [1.807, 2.05) is 42.5 Å². The minimum absolute atomic E-state index is 0.150. The van der Waals surface area contributed by atoms with Crippen LogP contribution in [0.3, 0.4) is 0 Å². The zero-order valence-electron chi connectivity index (χ0n) is 18.9. The van der Waals surface area contributed by atoms with Gasteiger partial charge in [0, 0.05) is 4.88 Å². The van der Waals surface area contributed by atoms with E-state index in [-0.39, 0.29) is 18.2 Å². The number of ether oxygens (including phenoxy) is 2. The van der Waals surface area contributed by atoms with Crippen LogP contribution in [0.5, 0.6) is 11.5 Å². The number of hydrogen-bond donors (Lipinski definition) is 2. The molecule has 33 heavy (non-hydrogen) atoms. The van der Waals surface area contributed by atoms with Gasteiger partial charge in [-0.2, -0.15) is 0 Å². The molecule has 6 nitrogen and oxygen atoms in total. The Morgan fingerprint density at radius 1 is 0.909 bits per heavy atom. The van der Waals surface area contributed by atoms with E-state index in [1.165, 1.54) is 16.2 Å². The summed E-state index contributed by atoms with van der Waals surface area (Å²) < 4.78 is 10.6. The maximum Gasteiger partial charge on any atom is 0.259 e. The van der Waals surface area contributed by atoms with Gasteiger partial charge >= 0.3 is 0 Å². The third kappa shape index (κ3) is 5.37. The van der Waals surface area contributed by atoms with Crippen LogP contribution in [0, 0.1) is 0 Å². The van der Waals surface area contributed by atoms with Crippen molar-refractivity contribution in [1.29, 1.82) is 0 Å². The van der Waals surface area contributed by atoms with Crippen molar-refractivity contribution in [2.75, 3.05) is 24.9 Å². The van der Waals surface area contributed by atoms with Crippen LogP contribution in [0.4, 0.5) is 10.7 Å². The highest BCUT2D eigenvalue weighted by Crippen LogP contribution is 2.38. The number of para-hydroxylation sites is 2. The topological polar surface area (TPSA) is 76.7 Å². The van der Waals surface area contributed by atoms with Gasteiger partial charge in [-0.1, -0.05) is 30.7 Å². The number of aryl methyl sites for hydroxylation is 1. The Morgan fingerprint density at radius 2 is 1.67 bits per heavy atom. The lowest BCUT2D eigenvalue weighted by atomic mass is 10.0. The van der Waals surface area contributed by atoms with Crippen LogP contribution in [0.15, 0.2) is 48.5 Å². The minimum Gasteiger partial charge on any atom is -0.497 e. The molecule has 2 aromatic carbocycles. The first-order chi connectivity index (χ1) is 16.1. The highest BCUT2D eigenvalue weighted by atomic mass is 32.1. The number of hydrogen-bond acceptors (Lipinski definition) is 5. The third-order valence-electron chi connectivity index (χ3n) is 5.78. The molecule has 1 aromatic heterocycles. The predicted molar refractivity (Wildman–Crippen MR) is 132 cm³/mol. The zero-order chi connectivity index (χ0) is 23.2. The first-order valence-electron chi connectivity index (χ1n) is 11.1. The summed E-state index contributed by atoms with van der Waals surface area (Å²) in [5, 5.41) is 6.62. The second kappa shape index (κ2) is 10.5. The molecule has 1 heterocycles. The average Bonchev–Trinajstić information content (AvgIpc) is 2.99. The maximum absolute atomic E-state index is 13.4. The SMILES string of the molecule is COc1ccc(CC(=O)Nc2sc3c(c2C(=O)Nc2ccccc2OC)CCCCC3)cc1. The summed E-state index contributed by atoms with van der Waals surface area (Å²) in [4.78, 5) is 27.5. The Balaban J connectivity index is 1.59. The van der Waals surface area contributed by atoms with Gasteiger partial charge in [0.1, 0.15) is 16.5 Å². The van der Waals surface area contributed by atoms with Gasteiger partial charge in [0.15, 0.2) is 0 Å². The van der Waals surface area contributed by atoms with E-state index in [9.17, 15) is 9.59 Å². The first-order valence-corrected chi connectivity index (χ1v) is 11.9. The first kappa shape index (κ1) is 22.9. The summed E-state index contributed by atoms with van der Waals surface area (Å²) in [7, 11) is 3.19. The number of nitrogens with one attached hydrogen (secondary N) is 2. The second-order valence-electron chi connectivity index (χ2n) is 8.00. The van der Waals surface area contributed by atoms with Crippen LogP contribution >= 0.6 is 11.3 Å². The van der Waals surface area contributed by atoms with Crippen LogP contribution in [-0.2, 0) is 24.1 Å². The molecule has 2 amide bonds. The van der Waals surface area contributed by atoms with Crippen molar-refractivity contribution < 1.29 is 19.1 Å². The molecule has 7 heteroatoms. The maximum atomic E-state index is 13.4. The van der Waals surface area contributed by atoms with E-state index < -0.39 is 0 Å². The fourth-order valence-corrected chi connectivity index (χ4v) is 5.41. The van der Waals surface area contributed by atoms with Crippen LogP contribution in [0.25, 0.3) is 0 Å². The number of benzene rings is 2. The molecule has 0 bridgehead atoms.